The zero-order valence-electron chi connectivity index (χ0n) is 6.32. The summed E-state index contributed by atoms with van der Waals surface area (Å²) in [6, 6.07) is 0. The molecule has 0 aromatic heterocycles. The summed E-state index contributed by atoms with van der Waals surface area (Å²) in [6.45, 7) is 0. The molecule has 0 unspecified atom stereocenters. The van der Waals surface area contributed by atoms with Crippen molar-refractivity contribution in [3.8, 4) is 0 Å². The molecule has 0 saturated carbocycles. The molecular formula is C5H3F3O5S. The van der Waals surface area contributed by atoms with Crippen molar-refractivity contribution in [3.63, 3.8) is 0 Å². The van der Waals surface area contributed by atoms with E-state index in [4.69, 9.17) is 0 Å². The Morgan fingerprint density at radius 3 is 2.36 bits per heavy atom. The monoisotopic (exact) mass is 232 g/mol. The van der Waals surface area contributed by atoms with E-state index in [-0.39, 0.29) is 0 Å². The Kier molecular flexibility index (Phi) is 2.60. The maximum Gasteiger partial charge on any atom is 0.534 e. The van der Waals surface area contributed by atoms with Crippen LogP contribution in [-0.4, -0.2) is 13.9 Å². The minimum atomic E-state index is -5.70. The maximum atomic E-state index is 11.7. The van der Waals surface area contributed by atoms with Crippen LogP contribution < -0.4 is 0 Å². The highest BCUT2D eigenvalue weighted by Crippen LogP contribution is 2.27. The van der Waals surface area contributed by atoms with E-state index in [0.717, 1.165) is 12.5 Å². The first-order valence-electron chi connectivity index (χ1n) is 3.01. The topological polar surface area (TPSA) is 61.8 Å². The fraction of sp³-hybridized carbons (Fsp3) is 0.200. The molecule has 0 saturated heterocycles. The van der Waals surface area contributed by atoms with Crippen molar-refractivity contribution in [2.45, 2.75) is 5.51 Å². The van der Waals surface area contributed by atoms with Crippen LogP contribution in [0.3, 0.4) is 0 Å². The first-order valence-corrected chi connectivity index (χ1v) is 4.42. The number of halogens is 3. The van der Waals surface area contributed by atoms with Crippen molar-refractivity contribution in [1.82, 2.24) is 0 Å². The minimum absolute atomic E-state index is 0.573. The number of ether oxygens (including phenoxy) is 2. The summed E-state index contributed by atoms with van der Waals surface area (Å²) >= 11 is 0. The molecule has 0 N–H and O–H groups in total. The minimum Gasteiger partial charge on any atom is -0.462 e. The summed E-state index contributed by atoms with van der Waals surface area (Å²) in [4.78, 5) is 0. The van der Waals surface area contributed by atoms with Gasteiger partial charge in [0.1, 0.15) is 12.5 Å². The van der Waals surface area contributed by atoms with Crippen LogP contribution in [0.15, 0.2) is 24.7 Å². The highest BCUT2D eigenvalue weighted by Gasteiger charge is 2.49. The quantitative estimate of drug-likeness (QED) is 0.528. The van der Waals surface area contributed by atoms with Crippen LogP contribution in [0.1, 0.15) is 0 Å². The second-order valence-electron chi connectivity index (χ2n) is 1.95. The maximum absolute atomic E-state index is 11.7. The predicted octanol–water partition coefficient (Wildman–Crippen LogP) is 1.17. The highest BCUT2D eigenvalue weighted by atomic mass is 32.2. The van der Waals surface area contributed by atoms with Crippen molar-refractivity contribution in [2.75, 3.05) is 0 Å². The normalized spacial score (nSPS) is 16.6. The van der Waals surface area contributed by atoms with Gasteiger partial charge in [0, 0.05) is 0 Å². The molecule has 0 atom stereocenters. The van der Waals surface area contributed by atoms with E-state index >= 15 is 0 Å². The van der Waals surface area contributed by atoms with E-state index < -0.39 is 21.6 Å². The molecule has 0 aliphatic carbocycles. The van der Waals surface area contributed by atoms with E-state index in [9.17, 15) is 21.6 Å². The third-order valence-corrected chi connectivity index (χ3v) is 1.91. The van der Waals surface area contributed by atoms with Crippen LogP contribution in [0.25, 0.3) is 0 Å². The zero-order chi connectivity index (χ0) is 10.8. The molecule has 1 heterocycles. The summed E-state index contributed by atoms with van der Waals surface area (Å²) in [5.74, 6) is -0.912. The van der Waals surface area contributed by atoms with Crippen LogP contribution in [0.2, 0.25) is 0 Å². The average Bonchev–Trinajstić information content (AvgIpc) is 2.03. The summed E-state index contributed by atoms with van der Waals surface area (Å²) in [5.41, 5.74) is -5.50. The van der Waals surface area contributed by atoms with Gasteiger partial charge in [0.15, 0.2) is 6.26 Å². The largest absolute Gasteiger partial charge is 0.534 e. The fourth-order valence-corrected chi connectivity index (χ4v) is 0.834. The van der Waals surface area contributed by atoms with Gasteiger partial charge in [0.05, 0.1) is 0 Å². The van der Waals surface area contributed by atoms with Crippen molar-refractivity contribution in [2.24, 2.45) is 0 Å². The summed E-state index contributed by atoms with van der Waals surface area (Å²) in [5, 5.41) is 0. The Labute approximate surface area is 76.5 Å². The van der Waals surface area contributed by atoms with Crippen molar-refractivity contribution >= 4 is 10.1 Å². The second-order valence-corrected chi connectivity index (χ2v) is 3.48. The van der Waals surface area contributed by atoms with Gasteiger partial charge in [-0.05, 0) is 0 Å². The molecule has 5 nitrogen and oxygen atoms in total. The molecule has 0 radical (unpaired) electrons. The molecule has 0 bridgehead atoms. The SMILES string of the molecule is O=S(=O)(OC1=COC=CO1)C(F)(F)F. The van der Waals surface area contributed by atoms with Gasteiger partial charge in [-0.15, -0.1) is 0 Å². The van der Waals surface area contributed by atoms with Gasteiger partial charge in [-0.3, -0.25) is 0 Å². The Balaban J connectivity index is 2.74. The Morgan fingerprint density at radius 2 is 1.93 bits per heavy atom. The van der Waals surface area contributed by atoms with Gasteiger partial charge in [0.2, 0.25) is 0 Å². The third-order valence-electron chi connectivity index (χ3n) is 0.958. The van der Waals surface area contributed by atoms with E-state index in [0.29, 0.717) is 6.26 Å². The first kappa shape index (κ1) is 10.7. The van der Waals surface area contributed by atoms with Crippen molar-refractivity contribution in [3.05, 3.63) is 24.7 Å². The standard InChI is InChI=1S/C5H3F3O5S/c6-5(7,8)14(9,10)13-4-3-11-1-2-12-4/h1-3H. The molecule has 0 spiro atoms. The first-order chi connectivity index (χ1) is 6.33. The molecular weight excluding hydrogens is 229 g/mol. The molecule has 1 rings (SSSR count). The third kappa shape index (κ3) is 2.31. The number of rotatable bonds is 2. The fourth-order valence-electron chi connectivity index (χ4n) is 0.444. The van der Waals surface area contributed by atoms with Crippen LogP contribution in [0, 0.1) is 0 Å². The average molecular weight is 232 g/mol. The number of hydrogen-bond acceptors (Lipinski definition) is 5. The lowest BCUT2D eigenvalue weighted by atomic mass is 10.9. The predicted molar refractivity (Wildman–Crippen MR) is 35.5 cm³/mol. The van der Waals surface area contributed by atoms with E-state index in [1.165, 1.54) is 0 Å². The van der Waals surface area contributed by atoms with Crippen LogP contribution in [0.4, 0.5) is 13.2 Å². The lowest BCUT2D eigenvalue weighted by Gasteiger charge is -2.12. The zero-order valence-corrected chi connectivity index (χ0v) is 7.13. The van der Waals surface area contributed by atoms with Gasteiger partial charge in [-0.1, -0.05) is 0 Å². The molecule has 0 amide bonds. The second kappa shape index (κ2) is 3.40. The lowest BCUT2D eigenvalue weighted by molar-refractivity contribution is -0.0554. The van der Waals surface area contributed by atoms with Crippen LogP contribution >= 0.6 is 0 Å². The van der Waals surface area contributed by atoms with E-state index in [2.05, 4.69) is 13.7 Å². The highest BCUT2D eigenvalue weighted by molar-refractivity contribution is 7.87. The molecule has 1 aliphatic heterocycles. The van der Waals surface area contributed by atoms with Gasteiger partial charge in [-0.2, -0.15) is 21.6 Å². The molecule has 0 aromatic rings. The Bertz CT molecular complexity index is 365. The molecule has 0 fully saturated rings. The van der Waals surface area contributed by atoms with Crippen molar-refractivity contribution in [1.29, 1.82) is 0 Å². The number of alkyl halides is 3. The summed E-state index contributed by atoms with van der Waals surface area (Å²) < 4.78 is 68.1. The Morgan fingerprint density at radius 1 is 1.29 bits per heavy atom. The Hall–Kier alpha value is -1.38. The molecule has 0 aromatic carbocycles. The van der Waals surface area contributed by atoms with E-state index in [1.54, 1.807) is 0 Å². The smallest absolute Gasteiger partial charge is 0.462 e. The van der Waals surface area contributed by atoms with Gasteiger partial charge >= 0.3 is 21.6 Å². The van der Waals surface area contributed by atoms with Gasteiger partial charge in [-0.25, -0.2) is 0 Å². The molecule has 9 heteroatoms. The molecule has 1 aliphatic rings. The van der Waals surface area contributed by atoms with Crippen molar-refractivity contribution < 1.29 is 35.2 Å². The van der Waals surface area contributed by atoms with Gasteiger partial charge < -0.3 is 13.7 Å². The van der Waals surface area contributed by atoms with E-state index in [1.807, 2.05) is 0 Å². The summed E-state index contributed by atoms with van der Waals surface area (Å²) in [6.07, 6.45) is 2.37. The number of hydrogen-bond donors (Lipinski definition) is 0. The lowest BCUT2D eigenvalue weighted by Crippen LogP contribution is -2.25. The summed E-state index contributed by atoms with van der Waals surface area (Å²) in [7, 11) is -5.70. The van der Waals surface area contributed by atoms with Crippen LogP contribution in [-0.2, 0) is 23.8 Å². The van der Waals surface area contributed by atoms with Gasteiger partial charge in [0.25, 0.3) is 0 Å². The molecule has 14 heavy (non-hydrogen) atoms. The molecule has 80 valence electrons. The van der Waals surface area contributed by atoms with Crippen LogP contribution in [0.5, 0.6) is 0 Å².